The van der Waals surface area contributed by atoms with Gasteiger partial charge in [0, 0.05) is 25.7 Å². The molecule has 134 valence electrons. The standard InChI is InChI=1S/C18H29N3O3/c1-3-19-18(20-9-7-15-5-4-6-16(22)11-15)21-14(2)12-24-17-8-10-23-13-17/h4-6,11,14,17,22H,3,7-10,12-13H2,1-2H3,(H2,19,20,21). The van der Waals surface area contributed by atoms with E-state index in [4.69, 9.17) is 9.47 Å². The first-order valence-electron chi connectivity index (χ1n) is 8.69. The van der Waals surface area contributed by atoms with Crippen molar-refractivity contribution >= 4 is 5.96 Å². The van der Waals surface area contributed by atoms with E-state index in [0.717, 1.165) is 37.5 Å². The number of hydrogen-bond acceptors (Lipinski definition) is 4. The summed E-state index contributed by atoms with van der Waals surface area (Å²) in [5.41, 5.74) is 1.08. The number of rotatable bonds is 8. The molecule has 1 saturated heterocycles. The van der Waals surface area contributed by atoms with Gasteiger partial charge in [-0.3, -0.25) is 4.99 Å². The zero-order valence-electron chi connectivity index (χ0n) is 14.6. The smallest absolute Gasteiger partial charge is 0.191 e. The van der Waals surface area contributed by atoms with Crippen LogP contribution < -0.4 is 10.6 Å². The Kier molecular flexibility index (Phi) is 7.85. The summed E-state index contributed by atoms with van der Waals surface area (Å²) in [6.45, 7) is 7.72. The van der Waals surface area contributed by atoms with Crippen molar-refractivity contribution in [1.82, 2.24) is 10.6 Å². The van der Waals surface area contributed by atoms with Crippen LogP contribution in [0.5, 0.6) is 5.75 Å². The van der Waals surface area contributed by atoms with Gasteiger partial charge >= 0.3 is 0 Å². The van der Waals surface area contributed by atoms with Crippen LogP contribution >= 0.6 is 0 Å². The highest BCUT2D eigenvalue weighted by molar-refractivity contribution is 5.80. The normalized spacial score (nSPS) is 19.2. The number of guanidine groups is 1. The number of benzene rings is 1. The van der Waals surface area contributed by atoms with Crippen molar-refractivity contribution in [2.45, 2.75) is 38.8 Å². The zero-order valence-corrected chi connectivity index (χ0v) is 14.6. The Balaban J connectivity index is 1.76. The second-order valence-electron chi connectivity index (χ2n) is 6.04. The lowest BCUT2D eigenvalue weighted by Crippen LogP contribution is -2.44. The quantitative estimate of drug-likeness (QED) is 0.498. The Hall–Kier alpha value is -1.79. The average Bonchev–Trinajstić information content (AvgIpc) is 3.07. The fourth-order valence-electron chi connectivity index (χ4n) is 2.53. The Labute approximate surface area is 144 Å². The molecular weight excluding hydrogens is 306 g/mol. The minimum atomic E-state index is 0.171. The van der Waals surface area contributed by atoms with Crippen LogP contribution in [0.4, 0.5) is 0 Å². The van der Waals surface area contributed by atoms with Gasteiger partial charge in [0.25, 0.3) is 0 Å². The number of hydrogen-bond donors (Lipinski definition) is 3. The summed E-state index contributed by atoms with van der Waals surface area (Å²) >= 11 is 0. The van der Waals surface area contributed by atoms with E-state index in [-0.39, 0.29) is 12.1 Å². The first kappa shape index (κ1) is 18.5. The molecule has 1 aliphatic rings. The summed E-state index contributed by atoms with van der Waals surface area (Å²) in [6.07, 6.45) is 1.99. The van der Waals surface area contributed by atoms with Crippen LogP contribution in [0, 0.1) is 0 Å². The monoisotopic (exact) mass is 335 g/mol. The lowest BCUT2D eigenvalue weighted by molar-refractivity contribution is 0.0347. The van der Waals surface area contributed by atoms with E-state index in [2.05, 4.69) is 22.5 Å². The maximum atomic E-state index is 9.49. The van der Waals surface area contributed by atoms with Crippen molar-refractivity contribution in [3.63, 3.8) is 0 Å². The summed E-state index contributed by atoms with van der Waals surface area (Å²) in [7, 11) is 0. The first-order valence-corrected chi connectivity index (χ1v) is 8.69. The summed E-state index contributed by atoms with van der Waals surface area (Å²) in [4.78, 5) is 4.59. The minimum absolute atomic E-state index is 0.171. The lowest BCUT2D eigenvalue weighted by Gasteiger charge is -2.19. The van der Waals surface area contributed by atoms with Crippen LogP contribution in [-0.2, 0) is 15.9 Å². The maximum Gasteiger partial charge on any atom is 0.191 e. The average molecular weight is 335 g/mol. The van der Waals surface area contributed by atoms with Crippen molar-refractivity contribution in [1.29, 1.82) is 0 Å². The van der Waals surface area contributed by atoms with E-state index in [9.17, 15) is 5.11 Å². The van der Waals surface area contributed by atoms with Crippen molar-refractivity contribution in [3.05, 3.63) is 29.8 Å². The SMILES string of the molecule is CCNC(=NCCc1cccc(O)c1)NC(C)COC1CCOC1. The second kappa shape index (κ2) is 10.2. The molecule has 2 atom stereocenters. The summed E-state index contributed by atoms with van der Waals surface area (Å²) in [5, 5.41) is 16.1. The number of aliphatic imine (C=N–C) groups is 1. The number of phenols is 1. The highest BCUT2D eigenvalue weighted by Crippen LogP contribution is 2.11. The number of ether oxygens (including phenoxy) is 2. The van der Waals surface area contributed by atoms with Gasteiger partial charge < -0.3 is 25.2 Å². The largest absolute Gasteiger partial charge is 0.508 e. The molecule has 6 heteroatoms. The Bertz CT molecular complexity index is 516. The molecule has 1 aromatic rings. The van der Waals surface area contributed by atoms with Gasteiger partial charge in [0.1, 0.15) is 5.75 Å². The third kappa shape index (κ3) is 6.76. The molecular formula is C18H29N3O3. The molecule has 24 heavy (non-hydrogen) atoms. The van der Waals surface area contributed by atoms with E-state index in [0.29, 0.717) is 25.5 Å². The van der Waals surface area contributed by atoms with Gasteiger partial charge in [-0.25, -0.2) is 0 Å². The second-order valence-corrected chi connectivity index (χ2v) is 6.04. The Morgan fingerprint density at radius 2 is 2.38 bits per heavy atom. The van der Waals surface area contributed by atoms with Gasteiger partial charge in [-0.05, 0) is 44.4 Å². The number of nitrogens with one attached hydrogen (secondary N) is 2. The van der Waals surface area contributed by atoms with Crippen molar-refractivity contribution < 1.29 is 14.6 Å². The molecule has 0 radical (unpaired) electrons. The molecule has 6 nitrogen and oxygen atoms in total. The van der Waals surface area contributed by atoms with Crippen LogP contribution in [0.15, 0.2) is 29.3 Å². The number of phenolic OH excluding ortho intramolecular Hbond substituents is 1. The predicted octanol–water partition coefficient (Wildman–Crippen LogP) is 1.68. The van der Waals surface area contributed by atoms with Crippen molar-refractivity contribution in [2.75, 3.05) is 32.9 Å². The molecule has 0 saturated carbocycles. The molecule has 1 heterocycles. The number of aromatic hydroxyl groups is 1. The molecule has 2 rings (SSSR count). The molecule has 1 aromatic carbocycles. The lowest BCUT2D eigenvalue weighted by atomic mass is 10.1. The summed E-state index contributed by atoms with van der Waals surface area (Å²) < 4.78 is 11.1. The Morgan fingerprint density at radius 1 is 1.50 bits per heavy atom. The molecule has 3 N–H and O–H groups in total. The van der Waals surface area contributed by atoms with Gasteiger partial charge in [0.05, 0.1) is 19.3 Å². The molecule has 2 unspecified atom stereocenters. The van der Waals surface area contributed by atoms with E-state index >= 15 is 0 Å². The fourth-order valence-corrected chi connectivity index (χ4v) is 2.53. The van der Waals surface area contributed by atoms with Crippen LogP contribution in [0.2, 0.25) is 0 Å². The third-order valence-corrected chi connectivity index (χ3v) is 3.78. The molecule has 0 amide bonds. The molecule has 1 aliphatic heterocycles. The fraction of sp³-hybridized carbons (Fsp3) is 0.611. The van der Waals surface area contributed by atoms with Gasteiger partial charge in [-0.1, -0.05) is 12.1 Å². The molecule has 0 bridgehead atoms. The summed E-state index contributed by atoms with van der Waals surface area (Å²) in [6, 6.07) is 7.47. The highest BCUT2D eigenvalue weighted by atomic mass is 16.5. The van der Waals surface area contributed by atoms with Gasteiger partial charge in [0.2, 0.25) is 0 Å². The Morgan fingerprint density at radius 3 is 3.08 bits per heavy atom. The third-order valence-electron chi connectivity index (χ3n) is 3.78. The van der Waals surface area contributed by atoms with Crippen LogP contribution in [0.1, 0.15) is 25.8 Å². The van der Waals surface area contributed by atoms with Crippen LogP contribution in [-0.4, -0.2) is 56.1 Å². The molecule has 0 aromatic heterocycles. The maximum absolute atomic E-state index is 9.49. The van der Waals surface area contributed by atoms with Crippen LogP contribution in [0.3, 0.4) is 0 Å². The van der Waals surface area contributed by atoms with Gasteiger partial charge in [0.15, 0.2) is 5.96 Å². The van der Waals surface area contributed by atoms with E-state index < -0.39 is 0 Å². The van der Waals surface area contributed by atoms with Gasteiger partial charge in [-0.15, -0.1) is 0 Å². The van der Waals surface area contributed by atoms with Crippen molar-refractivity contribution in [3.8, 4) is 5.75 Å². The van der Waals surface area contributed by atoms with Crippen LogP contribution in [0.25, 0.3) is 0 Å². The predicted molar refractivity (Wildman–Crippen MR) is 95.6 cm³/mol. The van der Waals surface area contributed by atoms with Crippen molar-refractivity contribution in [2.24, 2.45) is 4.99 Å². The topological polar surface area (TPSA) is 75.1 Å². The zero-order chi connectivity index (χ0) is 17.2. The minimum Gasteiger partial charge on any atom is -0.508 e. The summed E-state index contributed by atoms with van der Waals surface area (Å²) in [5.74, 6) is 1.08. The highest BCUT2D eigenvalue weighted by Gasteiger charge is 2.17. The van der Waals surface area contributed by atoms with E-state index in [1.165, 1.54) is 0 Å². The van der Waals surface area contributed by atoms with E-state index in [1.807, 2.05) is 19.1 Å². The molecule has 0 aliphatic carbocycles. The molecule has 1 fully saturated rings. The first-order chi connectivity index (χ1) is 11.7. The molecule has 0 spiro atoms. The van der Waals surface area contributed by atoms with E-state index in [1.54, 1.807) is 12.1 Å². The van der Waals surface area contributed by atoms with Gasteiger partial charge in [-0.2, -0.15) is 0 Å². The number of nitrogens with zero attached hydrogens (tertiary/aromatic N) is 1.